The number of aliphatic carboxylic acids is 1. The molecule has 1 atom stereocenters. The van der Waals surface area contributed by atoms with E-state index in [2.05, 4.69) is 11.0 Å². The number of piperidine rings is 1. The van der Waals surface area contributed by atoms with E-state index in [-0.39, 0.29) is 24.7 Å². The largest absolute Gasteiger partial charge is 0.497 e. The van der Waals surface area contributed by atoms with Crippen LogP contribution in [-0.2, 0) is 4.79 Å². The average Bonchev–Trinajstić information content (AvgIpc) is 3.89. The second-order valence-corrected chi connectivity index (χ2v) is 11.4. The third-order valence-corrected chi connectivity index (χ3v) is 8.51. The van der Waals surface area contributed by atoms with E-state index < -0.39 is 5.97 Å². The molecule has 1 unspecified atom stereocenters. The fourth-order valence-electron chi connectivity index (χ4n) is 5.98. The van der Waals surface area contributed by atoms with Gasteiger partial charge in [0.25, 0.3) is 5.91 Å². The predicted octanol–water partition coefficient (Wildman–Crippen LogP) is 6.52. The smallest absolute Gasteiger partial charge is 0.303 e. The van der Waals surface area contributed by atoms with E-state index in [0.717, 1.165) is 61.5 Å². The molecule has 8 heteroatoms. The number of carboxylic acid groups (broad SMARTS) is 1. The Morgan fingerprint density at radius 2 is 1.77 bits per heavy atom. The van der Waals surface area contributed by atoms with Gasteiger partial charge in [-0.1, -0.05) is 30.3 Å². The quantitative estimate of drug-likeness (QED) is 0.245. The highest BCUT2D eigenvalue weighted by molar-refractivity contribution is 6.10. The highest BCUT2D eigenvalue weighted by Crippen LogP contribution is 2.45. The minimum Gasteiger partial charge on any atom is -0.497 e. The van der Waals surface area contributed by atoms with Gasteiger partial charge in [0.05, 0.1) is 43.9 Å². The molecule has 0 aromatic heterocycles. The van der Waals surface area contributed by atoms with Crippen LogP contribution in [0, 0.1) is 23.2 Å². The number of para-hydroxylation sites is 1. The number of carbonyl (C=O) groups excluding carboxylic acids is 1. The molecule has 2 fully saturated rings. The van der Waals surface area contributed by atoms with Gasteiger partial charge < -0.3 is 24.4 Å². The molecule has 1 aliphatic carbocycles. The van der Waals surface area contributed by atoms with Crippen LogP contribution in [0.5, 0.6) is 11.5 Å². The molecule has 0 bridgehead atoms. The van der Waals surface area contributed by atoms with Gasteiger partial charge in [0.2, 0.25) is 0 Å². The fraction of sp³-hybridized carbons (Fsp3) is 0.400. The van der Waals surface area contributed by atoms with E-state index in [0.29, 0.717) is 36.3 Å². The normalized spacial score (nSPS) is 15.8. The van der Waals surface area contributed by atoms with Crippen molar-refractivity contribution in [2.45, 2.75) is 44.4 Å². The monoisotopic (exact) mass is 581 g/mol. The summed E-state index contributed by atoms with van der Waals surface area (Å²) in [5.74, 6) is 1.43. The summed E-state index contributed by atoms with van der Waals surface area (Å²) >= 11 is 0. The number of rotatable bonds is 13. The highest BCUT2D eigenvalue weighted by atomic mass is 16.5. The Balaban J connectivity index is 1.25. The number of nitrogens with zero attached hydrogens (tertiary/aromatic N) is 3. The predicted molar refractivity (Wildman–Crippen MR) is 166 cm³/mol. The third-order valence-electron chi connectivity index (χ3n) is 8.51. The number of hydrogen-bond donors (Lipinski definition) is 1. The van der Waals surface area contributed by atoms with Crippen LogP contribution in [0.4, 0.5) is 11.4 Å². The number of carboxylic acids is 1. The van der Waals surface area contributed by atoms with Crippen molar-refractivity contribution in [3.05, 3.63) is 83.9 Å². The zero-order chi connectivity index (χ0) is 30.2. The first-order valence-corrected chi connectivity index (χ1v) is 15.1. The Hall–Kier alpha value is -4.51. The molecule has 43 heavy (non-hydrogen) atoms. The average molecular weight is 582 g/mol. The molecule has 5 rings (SSSR count). The fourth-order valence-corrected chi connectivity index (χ4v) is 5.98. The van der Waals surface area contributed by atoms with E-state index in [1.54, 1.807) is 12.0 Å². The van der Waals surface area contributed by atoms with Crippen molar-refractivity contribution in [3.8, 4) is 17.6 Å². The van der Waals surface area contributed by atoms with Crippen molar-refractivity contribution < 1.29 is 24.2 Å². The molecule has 8 nitrogen and oxygen atoms in total. The summed E-state index contributed by atoms with van der Waals surface area (Å²) in [5, 5.41) is 18.6. The first-order chi connectivity index (χ1) is 21.0. The molecular formula is C35H39N3O5. The highest BCUT2D eigenvalue weighted by Gasteiger charge is 2.34. The van der Waals surface area contributed by atoms with Crippen LogP contribution in [0.2, 0.25) is 0 Å². The van der Waals surface area contributed by atoms with Crippen LogP contribution in [0.25, 0.3) is 0 Å². The van der Waals surface area contributed by atoms with Crippen molar-refractivity contribution in [2.24, 2.45) is 11.8 Å². The Labute approximate surface area is 253 Å². The maximum atomic E-state index is 13.9. The number of nitriles is 1. The molecule has 224 valence electrons. The van der Waals surface area contributed by atoms with Crippen LogP contribution in [-0.4, -0.2) is 50.3 Å². The van der Waals surface area contributed by atoms with Crippen LogP contribution >= 0.6 is 0 Å². The molecule has 0 radical (unpaired) electrons. The molecule has 1 saturated carbocycles. The molecule has 1 N–H and O–H groups in total. The minimum absolute atomic E-state index is 0.0433. The van der Waals surface area contributed by atoms with Gasteiger partial charge in [0.1, 0.15) is 11.5 Å². The summed E-state index contributed by atoms with van der Waals surface area (Å²) in [6, 6.07) is 25.1. The standard InChI is InChI=1S/C35H39N3O5/c1-42-29-13-14-31(35(41)38(18-6-17-36)28-8-3-2-4-9-28)33(22-29)37-19-15-25(16-20-37)24-43-30-10-5-7-27(21-30)32(23-34(39)40)26-11-12-26/h2-5,7-10,13-14,21-22,25-26,32H,6,11-12,15-16,18-20,23-24H2,1H3,(H,39,40). The summed E-state index contributed by atoms with van der Waals surface area (Å²) in [6.07, 6.45) is 4.39. The van der Waals surface area contributed by atoms with Gasteiger partial charge in [-0.3, -0.25) is 9.59 Å². The number of methoxy groups -OCH3 is 1. The van der Waals surface area contributed by atoms with E-state index in [9.17, 15) is 20.0 Å². The lowest BCUT2D eigenvalue weighted by molar-refractivity contribution is -0.137. The van der Waals surface area contributed by atoms with Gasteiger partial charge in [-0.2, -0.15) is 5.26 Å². The van der Waals surface area contributed by atoms with E-state index in [1.165, 1.54) is 0 Å². The second kappa shape index (κ2) is 14.1. The van der Waals surface area contributed by atoms with Crippen molar-refractivity contribution in [1.82, 2.24) is 0 Å². The van der Waals surface area contributed by atoms with Gasteiger partial charge in [0, 0.05) is 31.4 Å². The van der Waals surface area contributed by atoms with Crippen molar-refractivity contribution >= 4 is 23.3 Å². The SMILES string of the molecule is COc1ccc(C(=O)N(CCC#N)c2ccccc2)c(N2CCC(COc3cccc(C(CC(=O)O)C4CC4)c3)CC2)c1. The number of hydrogen-bond acceptors (Lipinski definition) is 6. The zero-order valence-electron chi connectivity index (χ0n) is 24.7. The summed E-state index contributed by atoms with van der Waals surface area (Å²) in [7, 11) is 1.62. The molecule has 3 aromatic carbocycles. The molecule has 0 spiro atoms. The Morgan fingerprint density at radius 3 is 2.44 bits per heavy atom. The van der Waals surface area contributed by atoms with Crippen LogP contribution in [0.15, 0.2) is 72.8 Å². The lowest BCUT2D eigenvalue weighted by atomic mass is 9.91. The van der Waals surface area contributed by atoms with E-state index in [1.807, 2.05) is 72.8 Å². The summed E-state index contributed by atoms with van der Waals surface area (Å²) in [6.45, 7) is 2.44. The topological polar surface area (TPSA) is 103 Å². The van der Waals surface area contributed by atoms with Crippen LogP contribution < -0.4 is 19.3 Å². The molecule has 1 amide bonds. The lowest BCUT2D eigenvalue weighted by Crippen LogP contribution is -2.38. The van der Waals surface area contributed by atoms with Crippen molar-refractivity contribution in [3.63, 3.8) is 0 Å². The Morgan fingerprint density at radius 1 is 1.00 bits per heavy atom. The summed E-state index contributed by atoms with van der Waals surface area (Å²) < 4.78 is 11.7. The first kappa shape index (κ1) is 30.0. The maximum Gasteiger partial charge on any atom is 0.303 e. The number of anilines is 2. The Kier molecular flexibility index (Phi) is 9.83. The van der Waals surface area contributed by atoms with E-state index in [4.69, 9.17) is 9.47 Å². The third kappa shape index (κ3) is 7.66. The molecular weight excluding hydrogens is 542 g/mol. The zero-order valence-corrected chi connectivity index (χ0v) is 24.7. The summed E-state index contributed by atoms with van der Waals surface area (Å²) in [4.78, 5) is 29.3. The van der Waals surface area contributed by atoms with Gasteiger partial charge in [0.15, 0.2) is 0 Å². The van der Waals surface area contributed by atoms with Crippen LogP contribution in [0.3, 0.4) is 0 Å². The van der Waals surface area contributed by atoms with E-state index >= 15 is 0 Å². The van der Waals surface area contributed by atoms with Crippen molar-refractivity contribution in [1.29, 1.82) is 5.26 Å². The lowest BCUT2D eigenvalue weighted by Gasteiger charge is -2.35. The molecule has 1 aliphatic heterocycles. The van der Waals surface area contributed by atoms with Crippen molar-refractivity contribution in [2.75, 3.05) is 43.2 Å². The van der Waals surface area contributed by atoms with Gasteiger partial charge in [-0.25, -0.2) is 0 Å². The number of ether oxygens (including phenoxy) is 2. The number of carbonyl (C=O) groups is 2. The number of benzene rings is 3. The molecule has 1 heterocycles. The first-order valence-electron chi connectivity index (χ1n) is 15.1. The minimum atomic E-state index is -0.759. The molecule has 3 aromatic rings. The molecule has 1 saturated heterocycles. The Bertz CT molecular complexity index is 1440. The number of amides is 1. The van der Waals surface area contributed by atoms with Crippen LogP contribution in [0.1, 0.15) is 60.4 Å². The van der Waals surface area contributed by atoms with Gasteiger partial charge in [-0.15, -0.1) is 0 Å². The second-order valence-electron chi connectivity index (χ2n) is 11.4. The van der Waals surface area contributed by atoms with Gasteiger partial charge >= 0.3 is 5.97 Å². The summed E-state index contributed by atoms with van der Waals surface area (Å²) in [5.41, 5.74) is 3.22. The molecule has 2 aliphatic rings. The van der Waals surface area contributed by atoms with Gasteiger partial charge in [-0.05, 0) is 85.4 Å². The maximum absolute atomic E-state index is 13.9.